The van der Waals surface area contributed by atoms with Crippen molar-refractivity contribution < 1.29 is 0 Å². The van der Waals surface area contributed by atoms with Crippen LogP contribution >= 0.6 is 0 Å². The number of fused-ring (bicyclic) bond motifs is 1. The number of rotatable bonds is 3. The predicted octanol–water partition coefficient (Wildman–Crippen LogP) is 1.84. The minimum absolute atomic E-state index is 0.560. The van der Waals surface area contributed by atoms with Crippen molar-refractivity contribution in [3.63, 3.8) is 0 Å². The van der Waals surface area contributed by atoms with Gasteiger partial charge in [0.1, 0.15) is 0 Å². The van der Waals surface area contributed by atoms with E-state index in [9.17, 15) is 0 Å². The summed E-state index contributed by atoms with van der Waals surface area (Å²) in [4.78, 5) is 0. The summed E-state index contributed by atoms with van der Waals surface area (Å²) in [6.07, 6.45) is 4.51. The van der Waals surface area contributed by atoms with E-state index >= 15 is 0 Å². The summed E-state index contributed by atoms with van der Waals surface area (Å²) < 4.78 is 2.25. The predicted molar refractivity (Wildman–Crippen MR) is 80.7 cm³/mol. The van der Waals surface area contributed by atoms with Gasteiger partial charge in [-0.2, -0.15) is 0 Å². The van der Waals surface area contributed by atoms with Crippen LogP contribution in [0.25, 0.3) is 10.9 Å². The molecule has 102 valence electrons. The first-order chi connectivity index (χ1) is 9.28. The maximum atomic E-state index is 3.60. The van der Waals surface area contributed by atoms with Crippen molar-refractivity contribution in [3.8, 4) is 0 Å². The summed E-state index contributed by atoms with van der Waals surface area (Å²) in [6, 6.07) is 7.42. The maximum Gasteiger partial charge on any atom is 0.0480 e. The van der Waals surface area contributed by atoms with E-state index < -0.39 is 0 Å². The molecule has 1 aromatic carbocycles. The number of aryl methyl sites for hydroxylation is 2. The fourth-order valence-electron chi connectivity index (χ4n) is 3.03. The van der Waals surface area contributed by atoms with Gasteiger partial charge in [-0.3, -0.25) is 0 Å². The molecule has 0 spiro atoms. The van der Waals surface area contributed by atoms with E-state index in [2.05, 4.69) is 53.6 Å². The number of hydrogen-bond donors (Lipinski definition) is 2. The van der Waals surface area contributed by atoms with Crippen molar-refractivity contribution in [2.45, 2.75) is 25.8 Å². The topological polar surface area (TPSA) is 29.0 Å². The molecule has 2 heterocycles. The van der Waals surface area contributed by atoms with Crippen LogP contribution in [0.2, 0.25) is 0 Å². The van der Waals surface area contributed by atoms with Gasteiger partial charge in [-0.1, -0.05) is 13.0 Å². The lowest BCUT2D eigenvalue weighted by Gasteiger charge is -2.24. The first kappa shape index (κ1) is 12.7. The first-order valence-corrected chi connectivity index (χ1v) is 7.29. The van der Waals surface area contributed by atoms with Crippen molar-refractivity contribution in [1.29, 1.82) is 0 Å². The van der Waals surface area contributed by atoms with Gasteiger partial charge in [-0.15, -0.1) is 0 Å². The first-order valence-electron chi connectivity index (χ1n) is 7.29. The average Bonchev–Trinajstić information content (AvgIpc) is 2.76. The molecule has 2 aromatic rings. The van der Waals surface area contributed by atoms with Crippen LogP contribution in [0.4, 0.5) is 0 Å². The second-order valence-electron chi connectivity index (χ2n) is 5.53. The molecule has 0 aliphatic carbocycles. The van der Waals surface area contributed by atoms with Gasteiger partial charge in [0.05, 0.1) is 0 Å². The van der Waals surface area contributed by atoms with Gasteiger partial charge in [-0.25, -0.2) is 0 Å². The molecule has 19 heavy (non-hydrogen) atoms. The number of nitrogens with one attached hydrogen (secondary N) is 2. The number of hydrogen-bond acceptors (Lipinski definition) is 2. The van der Waals surface area contributed by atoms with Crippen molar-refractivity contribution >= 4 is 10.9 Å². The Kier molecular flexibility index (Phi) is 3.58. The molecule has 2 N–H and O–H groups in total. The Balaban J connectivity index is 1.93. The molecule has 1 fully saturated rings. The Bertz CT molecular complexity index is 565. The van der Waals surface area contributed by atoms with Crippen molar-refractivity contribution in [1.82, 2.24) is 15.2 Å². The average molecular weight is 257 g/mol. The fourth-order valence-corrected chi connectivity index (χ4v) is 3.03. The molecule has 1 unspecified atom stereocenters. The van der Waals surface area contributed by atoms with E-state index in [1.807, 2.05) is 0 Å². The van der Waals surface area contributed by atoms with Crippen molar-refractivity contribution in [2.75, 3.05) is 19.6 Å². The van der Waals surface area contributed by atoms with Gasteiger partial charge in [0.25, 0.3) is 0 Å². The highest BCUT2D eigenvalue weighted by Gasteiger charge is 2.15. The van der Waals surface area contributed by atoms with Gasteiger partial charge in [-0.05, 0) is 36.1 Å². The van der Waals surface area contributed by atoms with Crippen LogP contribution in [0.15, 0.2) is 24.4 Å². The number of aromatic nitrogens is 1. The fraction of sp³-hybridized carbons (Fsp3) is 0.500. The Morgan fingerprint density at radius 3 is 2.95 bits per heavy atom. The molecule has 0 amide bonds. The Morgan fingerprint density at radius 1 is 1.32 bits per heavy atom. The highest BCUT2D eigenvalue weighted by atomic mass is 15.1. The quantitative estimate of drug-likeness (QED) is 0.878. The standard InChI is InChI=1S/C16H23N3/c1-3-12-4-5-16-15(8-12)13(11-19(16)2)9-14-10-17-6-7-18-14/h4-5,8,11,14,17-18H,3,6-7,9-10H2,1-2H3. The normalized spacial score (nSPS) is 20.0. The second kappa shape index (κ2) is 5.35. The van der Waals surface area contributed by atoms with E-state index in [1.54, 1.807) is 0 Å². The van der Waals surface area contributed by atoms with E-state index in [0.29, 0.717) is 6.04 Å². The summed E-state index contributed by atoms with van der Waals surface area (Å²) >= 11 is 0. The van der Waals surface area contributed by atoms with Crippen LogP contribution in [-0.2, 0) is 19.9 Å². The highest BCUT2D eigenvalue weighted by Crippen LogP contribution is 2.23. The molecule has 1 aliphatic rings. The van der Waals surface area contributed by atoms with Crippen LogP contribution in [0.5, 0.6) is 0 Å². The smallest absolute Gasteiger partial charge is 0.0480 e. The largest absolute Gasteiger partial charge is 0.350 e. The van der Waals surface area contributed by atoms with Gasteiger partial charge >= 0.3 is 0 Å². The lowest BCUT2D eigenvalue weighted by molar-refractivity contribution is 0.417. The SMILES string of the molecule is CCc1ccc2c(c1)c(CC1CNCCN1)cn2C. The number of benzene rings is 1. The second-order valence-corrected chi connectivity index (χ2v) is 5.53. The summed E-state index contributed by atoms with van der Waals surface area (Å²) in [6.45, 7) is 5.46. The van der Waals surface area contributed by atoms with Crippen LogP contribution in [0, 0.1) is 0 Å². The minimum atomic E-state index is 0.560. The molecule has 3 rings (SSSR count). The minimum Gasteiger partial charge on any atom is -0.350 e. The summed E-state index contributed by atoms with van der Waals surface area (Å²) in [5, 5.41) is 8.49. The molecule has 0 saturated carbocycles. The molecule has 1 aromatic heterocycles. The van der Waals surface area contributed by atoms with Gasteiger partial charge in [0, 0.05) is 49.8 Å². The van der Waals surface area contributed by atoms with E-state index in [0.717, 1.165) is 32.5 Å². The van der Waals surface area contributed by atoms with Crippen molar-refractivity contribution in [2.24, 2.45) is 7.05 Å². The zero-order valence-electron chi connectivity index (χ0n) is 11.9. The van der Waals surface area contributed by atoms with Gasteiger partial charge < -0.3 is 15.2 Å². The lowest BCUT2D eigenvalue weighted by atomic mass is 10.0. The Hall–Kier alpha value is -1.32. The molecule has 1 saturated heterocycles. The Morgan fingerprint density at radius 2 is 2.21 bits per heavy atom. The highest BCUT2D eigenvalue weighted by molar-refractivity contribution is 5.84. The molecule has 0 radical (unpaired) electrons. The third kappa shape index (κ3) is 2.53. The number of nitrogens with zero attached hydrogens (tertiary/aromatic N) is 1. The molecular weight excluding hydrogens is 234 g/mol. The van der Waals surface area contributed by atoms with Crippen molar-refractivity contribution in [3.05, 3.63) is 35.5 Å². The zero-order valence-corrected chi connectivity index (χ0v) is 11.9. The molecule has 1 aliphatic heterocycles. The van der Waals surface area contributed by atoms with E-state index in [1.165, 1.54) is 22.0 Å². The molecule has 3 heteroatoms. The third-order valence-electron chi connectivity index (χ3n) is 4.14. The van der Waals surface area contributed by atoms with Crippen LogP contribution < -0.4 is 10.6 Å². The summed E-state index contributed by atoms with van der Waals surface area (Å²) in [5.41, 5.74) is 4.24. The van der Waals surface area contributed by atoms with E-state index in [-0.39, 0.29) is 0 Å². The Labute approximate surface area is 115 Å². The molecule has 3 nitrogen and oxygen atoms in total. The van der Waals surface area contributed by atoms with Gasteiger partial charge in [0.2, 0.25) is 0 Å². The molecule has 1 atom stereocenters. The number of piperazine rings is 1. The third-order valence-corrected chi connectivity index (χ3v) is 4.14. The summed E-state index contributed by atoms with van der Waals surface area (Å²) in [7, 11) is 2.14. The van der Waals surface area contributed by atoms with Crippen LogP contribution in [0.1, 0.15) is 18.1 Å². The maximum absolute atomic E-state index is 3.60. The van der Waals surface area contributed by atoms with Crippen LogP contribution in [0.3, 0.4) is 0 Å². The van der Waals surface area contributed by atoms with Gasteiger partial charge in [0.15, 0.2) is 0 Å². The monoisotopic (exact) mass is 257 g/mol. The van der Waals surface area contributed by atoms with E-state index in [4.69, 9.17) is 0 Å². The zero-order chi connectivity index (χ0) is 13.2. The molecule has 0 bridgehead atoms. The molecular formula is C16H23N3. The van der Waals surface area contributed by atoms with Crippen LogP contribution in [-0.4, -0.2) is 30.2 Å². The summed E-state index contributed by atoms with van der Waals surface area (Å²) in [5.74, 6) is 0. The lowest BCUT2D eigenvalue weighted by Crippen LogP contribution is -2.49.